The number of nitrogens with zero attached hydrogens (tertiary/aromatic N) is 2. The molecule has 1 aliphatic rings. The molecule has 0 N–H and O–H groups in total. The SMILES string of the molecule is COc1ccc(Br)cc1C(=S)N1CCN(Cc2ccccc2)CC1. The number of benzene rings is 2. The number of ether oxygens (including phenoxy) is 1. The maximum absolute atomic E-state index is 5.73. The highest BCUT2D eigenvalue weighted by Gasteiger charge is 2.21. The molecule has 0 saturated carbocycles. The van der Waals surface area contributed by atoms with Gasteiger partial charge in [-0.2, -0.15) is 0 Å². The zero-order chi connectivity index (χ0) is 16.9. The van der Waals surface area contributed by atoms with Crippen molar-refractivity contribution in [3.63, 3.8) is 0 Å². The number of piperazine rings is 1. The second kappa shape index (κ2) is 8.10. The molecule has 0 radical (unpaired) electrons. The van der Waals surface area contributed by atoms with Crippen LogP contribution in [0.4, 0.5) is 0 Å². The normalized spacial score (nSPS) is 15.3. The van der Waals surface area contributed by atoms with Crippen LogP contribution in [-0.2, 0) is 6.54 Å². The number of hydrogen-bond donors (Lipinski definition) is 0. The maximum atomic E-state index is 5.73. The fourth-order valence-electron chi connectivity index (χ4n) is 2.97. The van der Waals surface area contributed by atoms with E-state index >= 15 is 0 Å². The van der Waals surface area contributed by atoms with Crippen LogP contribution >= 0.6 is 28.1 Å². The van der Waals surface area contributed by atoms with Gasteiger partial charge in [0.1, 0.15) is 10.7 Å². The van der Waals surface area contributed by atoms with Gasteiger partial charge in [0.2, 0.25) is 0 Å². The van der Waals surface area contributed by atoms with E-state index in [9.17, 15) is 0 Å². The lowest BCUT2D eigenvalue weighted by atomic mass is 10.1. The van der Waals surface area contributed by atoms with Gasteiger partial charge in [-0.15, -0.1) is 0 Å². The second-order valence-electron chi connectivity index (χ2n) is 5.90. The zero-order valence-electron chi connectivity index (χ0n) is 13.7. The minimum absolute atomic E-state index is 0.829. The molecule has 0 atom stereocenters. The molecule has 3 nitrogen and oxygen atoms in total. The Bertz CT molecular complexity index is 700. The topological polar surface area (TPSA) is 15.7 Å². The molecule has 2 aromatic rings. The average Bonchev–Trinajstić information content (AvgIpc) is 2.62. The van der Waals surface area contributed by atoms with Crippen molar-refractivity contribution >= 4 is 33.1 Å². The van der Waals surface area contributed by atoms with Crippen LogP contribution in [0.15, 0.2) is 53.0 Å². The van der Waals surface area contributed by atoms with E-state index in [2.05, 4.69) is 56.1 Å². The molecule has 0 unspecified atom stereocenters. The third-order valence-corrected chi connectivity index (χ3v) is 5.27. The van der Waals surface area contributed by atoms with Crippen LogP contribution in [0.25, 0.3) is 0 Å². The van der Waals surface area contributed by atoms with Crippen LogP contribution < -0.4 is 4.74 Å². The van der Waals surface area contributed by atoms with Crippen molar-refractivity contribution in [3.05, 3.63) is 64.1 Å². The van der Waals surface area contributed by atoms with Crippen molar-refractivity contribution in [2.24, 2.45) is 0 Å². The molecule has 0 spiro atoms. The minimum atomic E-state index is 0.829. The lowest BCUT2D eigenvalue weighted by Crippen LogP contribution is -2.48. The number of halogens is 1. The zero-order valence-corrected chi connectivity index (χ0v) is 16.1. The second-order valence-corrected chi connectivity index (χ2v) is 7.20. The smallest absolute Gasteiger partial charge is 0.129 e. The molecular formula is C19H21BrN2OS. The Kier molecular flexibility index (Phi) is 5.87. The summed E-state index contributed by atoms with van der Waals surface area (Å²) in [7, 11) is 1.69. The van der Waals surface area contributed by atoms with E-state index in [1.807, 2.05) is 18.2 Å². The Hall–Kier alpha value is -1.43. The van der Waals surface area contributed by atoms with Crippen LogP contribution in [0.3, 0.4) is 0 Å². The predicted octanol–water partition coefficient (Wildman–Crippen LogP) is 3.95. The van der Waals surface area contributed by atoms with Gasteiger partial charge in [-0.05, 0) is 23.8 Å². The summed E-state index contributed by atoms with van der Waals surface area (Å²) < 4.78 is 6.48. The molecule has 126 valence electrons. The van der Waals surface area contributed by atoms with Gasteiger partial charge in [-0.25, -0.2) is 0 Å². The number of hydrogen-bond acceptors (Lipinski definition) is 3. The molecule has 0 bridgehead atoms. The predicted molar refractivity (Wildman–Crippen MR) is 106 cm³/mol. The first kappa shape index (κ1) is 17.4. The molecule has 2 aromatic carbocycles. The summed E-state index contributed by atoms with van der Waals surface area (Å²) in [5.41, 5.74) is 2.35. The number of methoxy groups -OCH3 is 1. The van der Waals surface area contributed by atoms with E-state index in [-0.39, 0.29) is 0 Å². The summed E-state index contributed by atoms with van der Waals surface area (Å²) in [5.74, 6) is 0.829. The van der Waals surface area contributed by atoms with Crippen molar-refractivity contribution in [3.8, 4) is 5.75 Å². The van der Waals surface area contributed by atoms with Gasteiger partial charge in [0.15, 0.2) is 0 Å². The summed E-state index contributed by atoms with van der Waals surface area (Å²) >= 11 is 9.25. The molecule has 1 fully saturated rings. The number of thiocarbonyl (C=S) groups is 1. The van der Waals surface area contributed by atoms with E-state index in [0.29, 0.717) is 0 Å². The van der Waals surface area contributed by atoms with Gasteiger partial charge in [-0.1, -0.05) is 58.5 Å². The van der Waals surface area contributed by atoms with Gasteiger partial charge < -0.3 is 9.64 Å². The molecule has 3 rings (SSSR count). The Morgan fingerprint density at radius 2 is 1.79 bits per heavy atom. The lowest BCUT2D eigenvalue weighted by Gasteiger charge is -2.36. The maximum Gasteiger partial charge on any atom is 0.129 e. The van der Waals surface area contributed by atoms with Gasteiger partial charge >= 0.3 is 0 Å². The number of rotatable bonds is 4. The van der Waals surface area contributed by atoms with Gasteiger partial charge in [-0.3, -0.25) is 4.90 Å². The van der Waals surface area contributed by atoms with E-state index < -0.39 is 0 Å². The van der Waals surface area contributed by atoms with Crippen LogP contribution in [0, 0.1) is 0 Å². The van der Waals surface area contributed by atoms with E-state index in [4.69, 9.17) is 17.0 Å². The fourth-order valence-corrected chi connectivity index (χ4v) is 3.67. The summed E-state index contributed by atoms with van der Waals surface area (Å²) in [6.07, 6.45) is 0. The third-order valence-electron chi connectivity index (χ3n) is 4.30. The van der Waals surface area contributed by atoms with Crippen molar-refractivity contribution in [2.45, 2.75) is 6.54 Å². The molecule has 0 amide bonds. The van der Waals surface area contributed by atoms with Gasteiger partial charge in [0, 0.05) is 37.2 Å². The average molecular weight is 405 g/mol. The summed E-state index contributed by atoms with van der Waals surface area (Å²) in [5, 5.41) is 0. The quantitative estimate of drug-likeness (QED) is 0.716. The first-order valence-corrected chi connectivity index (χ1v) is 9.26. The summed E-state index contributed by atoms with van der Waals surface area (Å²) in [4.78, 5) is 5.63. The first-order valence-electron chi connectivity index (χ1n) is 8.06. The van der Waals surface area contributed by atoms with E-state index in [0.717, 1.165) is 53.5 Å². The minimum Gasteiger partial charge on any atom is -0.496 e. The Balaban J connectivity index is 1.62. The molecule has 24 heavy (non-hydrogen) atoms. The molecule has 1 aliphatic heterocycles. The van der Waals surface area contributed by atoms with Crippen molar-refractivity contribution < 1.29 is 4.74 Å². The van der Waals surface area contributed by atoms with Gasteiger partial charge in [0.05, 0.1) is 12.7 Å². The Morgan fingerprint density at radius 1 is 1.08 bits per heavy atom. The van der Waals surface area contributed by atoms with Crippen LogP contribution in [0.5, 0.6) is 5.75 Å². The van der Waals surface area contributed by atoms with Crippen molar-refractivity contribution in [1.29, 1.82) is 0 Å². The molecule has 5 heteroatoms. The highest BCUT2D eigenvalue weighted by atomic mass is 79.9. The largest absolute Gasteiger partial charge is 0.496 e. The van der Waals surface area contributed by atoms with E-state index in [1.54, 1.807) is 7.11 Å². The lowest BCUT2D eigenvalue weighted by molar-refractivity contribution is 0.177. The highest BCUT2D eigenvalue weighted by molar-refractivity contribution is 9.10. The molecule has 0 aromatic heterocycles. The molecule has 1 heterocycles. The standard InChI is InChI=1S/C19H21BrN2OS/c1-23-18-8-7-16(20)13-17(18)19(24)22-11-9-21(10-12-22)14-15-5-3-2-4-6-15/h2-8,13H,9-12,14H2,1H3. The van der Waals surface area contributed by atoms with E-state index in [1.165, 1.54) is 5.56 Å². The van der Waals surface area contributed by atoms with Gasteiger partial charge in [0.25, 0.3) is 0 Å². The first-order chi connectivity index (χ1) is 11.7. The molecular weight excluding hydrogens is 384 g/mol. The van der Waals surface area contributed by atoms with Crippen LogP contribution in [0.1, 0.15) is 11.1 Å². The highest BCUT2D eigenvalue weighted by Crippen LogP contribution is 2.25. The molecule has 1 saturated heterocycles. The monoisotopic (exact) mass is 404 g/mol. The summed E-state index contributed by atoms with van der Waals surface area (Å²) in [6, 6.07) is 16.6. The fraction of sp³-hybridized carbons (Fsp3) is 0.316. The van der Waals surface area contributed by atoms with Crippen molar-refractivity contribution in [1.82, 2.24) is 9.80 Å². The van der Waals surface area contributed by atoms with Crippen LogP contribution in [-0.4, -0.2) is 48.1 Å². The third kappa shape index (κ3) is 4.15. The Morgan fingerprint density at radius 3 is 2.46 bits per heavy atom. The van der Waals surface area contributed by atoms with Crippen molar-refractivity contribution in [2.75, 3.05) is 33.3 Å². The summed E-state index contributed by atoms with van der Waals surface area (Å²) in [6.45, 7) is 4.93. The van der Waals surface area contributed by atoms with Crippen LogP contribution in [0.2, 0.25) is 0 Å². The Labute approximate surface area is 157 Å². The molecule has 0 aliphatic carbocycles.